The van der Waals surface area contributed by atoms with Crippen LogP contribution in [0.15, 0.2) is 72.8 Å². The highest BCUT2D eigenvalue weighted by Gasteiger charge is 2.51. The van der Waals surface area contributed by atoms with Gasteiger partial charge in [-0.25, -0.2) is 4.79 Å². The van der Waals surface area contributed by atoms with Crippen molar-refractivity contribution in [3.8, 4) is 0 Å². The van der Waals surface area contributed by atoms with Crippen LogP contribution in [0.25, 0.3) is 0 Å². The van der Waals surface area contributed by atoms with E-state index in [1.54, 1.807) is 17.7 Å². The lowest BCUT2D eigenvalue weighted by molar-refractivity contribution is -0.00518. The molecule has 0 atom stereocenters. The first-order valence-electron chi connectivity index (χ1n) is 14.7. The number of hydrogen-bond acceptors (Lipinski definition) is 4. The predicted octanol–water partition coefficient (Wildman–Crippen LogP) is 6.95. The Hall–Kier alpha value is -3.47. The van der Waals surface area contributed by atoms with E-state index in [1.807, 2.05) is 24.1 Å². The molecule has 39 heavy (non-hydrogen) atoms. The molecule has 3 aromatic carbocycles. The minimum Gasteiger partial charge on any atom is -0.478 e. The van der Waals surface area contributed by atoms with Crippen molar-refractivity contribution in [3.63, 3.8) is 0 Å². The Labute approximate surface area is 232 Å². The maximum absolute atomic E-state index is 11.7. The fraction of sp³-hybridized carbons (Fsp3) is 0.441. The zero-order valence-corrected chi connectivity index (χ0v) is 22.9. The molecule has 1 saturated heterocycles. The number of carboxylic acids is 1. The van der Waals surface area contributed by atoms with Crippen LogP contribution in [0.4, 0.5) is 22.7 Å². The molecule has 0 unspecified atom stereocenters. The first-order chi connectivity index (χ1) is 19.0. The summed E-state index contributed by atoms with van der Waals surface area (Å²) in [4.78, 5) is 18.6. The van der Waals surface area contributed by atoms with E-state index in [0.717, 1.165) is 49.6 Å². The largest absolute Gasteiger partial charge is 0.478 e. The molecule has 4 bridgehead atoms. The normalized spacial score (nSPS) is 27.6. The van der Waals surface area contributed by atoms with Gasteiger partial charge in [0.15, 0.2) is 0 Å². The van der Waals surface area contributed by atoms with Gasteiger partial charge in [-0.2, -0.15) is 0 Å². The standard InChI is InChI=1S/C34H39N3O2/c1-35(32-5-3-2-4-31(32)33(38)39)28-10-12-30(13-11-28)37-16-14-36(15-17-37)29-8-6-27(7-9-29)34-21-24-18-25(22-34)20-26(19-24)23-34/h2-13,24-26H,14-23H2,1H3,(H,38,39). The smallest absolute Gasteiger partial charge is 0.337 e. The second-order valence-electron chi connectivity index (χ2n) is 12.6. The van der Waals surface area contributed by atoms with E-state index in [1.165, 1.54) is 49.9 Å². The van der Waals surface area contributed by atoms with Crippen LogP contribution < -0.4 is 14.7 Å². The molecule has 5 aliphatic rings. The van der Waals surface area contributed by atoms with Crippen LogP contribution in [0, 0.1) is 17.8 Å². The van der Waals surface area contributed by atoms with Gasteiger partial charge in [-0.15, -0.1) is 0 Å². The number of benzene rings is 3. The molecular weight excluding hydrogens is 482 g/mol. The van der Waals surface area contributed by atoms with Gasteiger partial charge in [-0.05, 0) is 116 Å². The number of rotatable bonds is 6. The quantitative estimate of drug-likeness (QED) is 0.380. The van der Waals surface area contributed by atoms with Crippen LogP contribution >= 0.6 is 0 Å². The topological polar surface area (TPSA) is 47.0 Å². The Bertz CT molecular complexity index is 1310. The molecule has 5 fully saturated rings. The van der Waals surface area contributed by atoms with Crippen LogP contribution in [0.1, 0.15) is 54.4 Å². The van der Waals surface area contributed by atoms with Gasteiger partial charge in [0.05, 0.1) is 11.3 Å². The maximum Gasteiger partial charge on any atom is 0.337 e. The highest BCUT2D eigenvalue weighted by molar-refractivity contribution is 5.95. The van der Waals surface area contributed by atoms with Gasteiger partial charge < -0.3 is 19.8 Å². The van der Waals surface area contributed by atoms with Crippen molar-refractivity contribution >= 4 is 28.7 Å². The van der Waals surface area contributed by atoms with Gasteiger partial charge >= 0.3 is 5.97 Å². The lowest BCUT2D eigenvalue weighted by Crippen LogP contribution is -2.48. The lowest BCUT2D eigenvalue weighted by Gasteiger charge is -2.57. The average Bonchev–Trinajstić information content (AvgIpc) is 2.96. The minimum absolute atomic E-state index is 0.311. The summed E-state index contributed by atoms with van der Waals surface area (Å²) in [7, 11) is 1.92. The van der Waals surface area contributed by atoms with Gasteiger partial charge in [0, 0.05) is 50.3 Å². The molecule has 0 spiro atoms. The Balaban J connectivity index is 0.988. The van der Waals surface area contributed by atoms with Gasteiger partial charge in [0.2, 0.25) is 0 Å². The molecule has 5 heteroatoms. The third-order valence-electron chi connectivity index (χ3n) is 10.3. The van der Waals surface area contributed by atoms with Gasteiger partial charge in [0.1, 0.15) is 0 Å². The van der Waals surface area contributed by atoms with Crippen molar-refractivity contribution in [1.82, 2.24) is 0 Å². The molecule has 1 heterocycles. The van der Waals surface area contributed by atoms with Gasteiger partial charge in [-0.3, -0.25) is 0 Å². The van der Waals surface area contributed by atoms with E-state index in [9.17, 15) is 9.90 Å². The van der Waals surface area contributed by atoms with Crippen LogP contribution in [0.2, 0.25) is 0 Å². The van der Waals surface area contributed by atoms with Crippen molar-refractivity contribution in [2.75, 3.05) is 47.9 Å². The zero-order chi connectivity index (χ0) is 26.6. The van der Waals surface area contributed by atoms with E-state index in [2.05, 4.69) is 58.3 Å². The Morgan fingerprint density at radius 2 is 1.23 bits per heavy atom. The summed E-state index contributed by atoms with van der Waals surface area (Å²) in [6.07, 6.45) is 8.78. The summed E-state index contributed by atoms with van der Waals surface area (Å²) in [5.74, 6) is 2.05. The van der Waals surface area contributed by atoms with Crippen molar-refractivity contribution in [1.29, 1.82) is 0 Å². The number of hydrogen-bond donors (Lipinski definition) is 1. The summed E-state index contributed by atoms with van der Waals surface area (Å²) in [5.41, 5.74) is 6.65. The molecule has 1 aliphatic heterocycles. The third kappa shape index (κ3) is 4.46. The molecule has 4 saturated carbocycles. The Morgan fingerprint density at radius 1 is 0.744 bits per heavy atom. The average molecular weight is 522 g/mol. The predicted molar refractivity (Wildman–Crippen MR) is 159 cm³/mol. The summed E-state index contributed by atoms with van der Waals surface area (Å²) < 4.78 is 0. The second kappa shape index (κ2) is 9.62. The first-order valence-corrected chi connectivity index (χ1v) is 14.7. The van der Waals surface area contributed by atoms with Crippen LogP contribution in [-0.2, 0) is 5.41 Å². The SMILES string of the molecule is CN(c1ccc(N2CCN(c3ccc(C45CC6CC(CC(C6)C4)C5)cc3)CC2)cc1)c1ccccc1C(=O)O. The molecule has 8 rings (SSSR count). The zero-order valence-electron chi connectivity index (χ0n) is 22.9. The molecule has 4 aliphatic carbocycles. The molecule has 202 valence electrons. The van der Waals surface area contributed by atoms with Crippen LogP contribution in [-0.4, -0.2) is 44.3 Å². The highest BCUT2D eigenvalue weighted by atomic mass is 16.4. The molecule has 5 nitrogen and oxygen atoms in total. The first kappa shape index (κ1) is 24.6. The van der Waals surface area contributed by atoms with E-state index in [4.69, 9.17) is 0 Å². The number of carbonyl (C=O) groups is 1. The summed E-state index contributed by atoms with van der Waals surface area (Å²) >= 11 is 0. The van der Waals surface area contributed by atoms with E-state index in [0.29, 0.717) is 16.7 Å². The van der Waals surface area contributed by atoms with Crippen molar-refractivity contribution < 1.29 is 9.90 Å². The van der Waals surface area contributed by atoms with E-state index < -0.39 is 5.97 Å². The van der Waals surface area contributed by atoms with Crippen LogP contribution in [0.5, 0.6) is 0 Å². The number of piperazine rings is 1. The van der Waals surface area contributed by atoms with Crippen molar-refractivity contribution in [2.45, 2.75) is 43.9 Å². The number of anilines is 4. The molecule has 0 radical (unpaired) electrons. The molecule has 1 N–H and O–H groups in total. The number of aromatic carboxylic acids is 1. The molecular formula is C34H39N3O2. The Kier molecular flexibility index (Phi) is 6.06. The molecule has 3 aromatic rings. The fourth-order valence-corrected chi connectivity index (χ4v) is 8.69. The number of nitrogens with zero attached hydrogens (tertiary/aromatic N) is 3. The summed E-state index contributed by atoms with van der Waals surface area (Å²) in [6, 6.07) is 25.4. The van der Waals surface area contributed by atoms with Gasteiger partial charge in [0.25, 0.3) is 0 Å². The monoisotopic (exact) mass is 521 g/mol. The molecule has 0 amide bonds. The van der Waals surface area contributed by atoms with Crippen LogP contribution in [0.3, 0.4) is 0 Å². The van der Waals surface area contributed by atoms with Gasteiger partial charge in [-0.1, -0.05) is 24.3 Å². The Morgan fingerprint density at radius 3 is 1.74 bits per heavy atom. The maximum atomic E-state index is 11.7. The number of carboxylic acid groups (broad SMARTS) is 1. The minimum atomic E-state index is -0.908. The van der Waals surface area contributed by atoms with Crippen molar-refractivity contribution in [3.05, 3.63) is 83.9 Å². The second-order valence-corrected chi connectivity index (χ2v) is 12.6. The summed E-state index contributed by atoms with van der Waals surface area (Å²) in [5, 5.41) is 9.56. The van der Waals surface area contributed by atoms with Crippen molar-refractivity contribution in [2.24, 2.45) is 17.8 Å². The van der Waals surface area contributed by atoms with E-state index in [-0.39, 0.29) is 0 Å². The summed E-state index contributed by atoms with van der Waals surface area (Å²) in [6.45, 7) is 4.02. The number of para-hydroxylation sites is 1. The fourth-order valence-electron chi connectivity index (χ4n) is 8.69. The third-order valence-corrected chi connectivity index (χ3v) is 10.3. The van der Waals surface area contributed by atoms with E-state index >= 15 is 0 Å². The lowest BCUT2D eigenvalue weighted by atomic mass is 9.48. The highest BCUT2D eigenvalue weighted by Crippen LogP contribution is 2.60. The molecule has 0 aromatic heterocycles.